The van der Waals surface area contributed by atoms with Crippen molar-refractivity contribution in [1.82, 2.24) is 10.6 Å². The molecule has 4 heteroatoms. The number of unbranched alkanes of at least 4 members (excludes halogenated alkanes) is 7. The minimum Gasteiger partial charge on any atom is -0.348 e. The van der Waals surface area contributed by atoms with Gasteiger partial charge in [0.2, 0.25) is 0 Å². The largest absolute Gasteiger partial charge is 0.348 e. The van der Waals surface area contributed by atoms with Gasteiger partial charge in [0.25, 0.3) is 5.91 Å². The van der Waals surface area contributed by atoms with Crippen molar-refractivity contribution in [2.75, 3.05) is 13.1 Å². The molecule has 0 saturated carbocycles. The average molecular weight is 367 g/mol. The summed E-state index contributed by atoms with van der Waals surface area (Å²) in [6.45, 7) is 4.16. The summed E-state index contributed by atoms with van der Waals surface area (Å²) in [6, 6.07) is 8.45. The molecule has 142 valence electrons. The molecule has 2 N–H and O–H groups in total. The van der Waals surface area contributed by atoms with Crippen molar-refractivity contribution in [3.63, 3.8) is 0 Å². The monoisotopic (exact) mass is 366 g/mol. The fraction of sp³-hybridized carbons (Fsp3) is 0.667. The van der Waals surface area contributed by atoms with Gasteiger partial charge in [-0.2, -0.15) is 0 Å². The second-order valence-corrected chi connectivity index (χ2v) is 7.08. The van der Waals surface area contributed by atoms with E-state index >= 15 is 0 Å². The van der Waals surface area contributed by atoms with E-state index in [0.29, 0.717) is 0 Å². The number of nitrogens with one attached hydrogen (secondary N) is 2. The summed E-state index contributed by atoms with van der Waals surface area (Å²) in [4.78, 5) is 12.2. The van der Waals surface area contributed by atoms with E-state index < -0.39 is 0 Å². The van der Waals surface area contributed by atoms with Crippen LogP contribution in [-0.2, 0) is 6.42 Å². The SMILES string of the molecule is CCCCCCCCCCc1ccc(C(=O)N[C@H]2CCNC2)cc1.Cl. The van der Waals surface area contributed by atoms with E-state index in [1.165, 1.54) is 56.9 Å². The Bertz CT molecular complexity index is 469. The van der Waals surface area contributed by atoms with Crippen LogP contribution in [0, 0.1) is 0 Å². The molecule has 1 aliphatic heterocycles. The van der Waals surface area contributed by atoms with Crippen LogP contribution in [0.15, 0.2) is 24.3 Å². The zero-order valence-electron chi connectivity index (χ0n) is 15.7. The van der Waals surface area contributed by atoms with Crippen LogP contribution in [0.5, 0.6) is 0 Å². The highest BCUT2D eigenvalue weighted by Gasteiger charge is 2.17. The van der Waals surface area contributed by atoms with Gasteiger partial charge < -0.3 is 10.6 Å². The van der Waals surface area contributed by atoms with Crippen molar-refractivity contribution < 1.29 is 4.79 Å². The van der Waals surface area contributed by atoms with Crippen LogP contribution in [0.3, 0.4) is 0 Å². The molecular weight excluding hydrogens is 332 g/mol. The van der Waals surface area contributed by atoms with Crippen LogP contribution >= 0.6 is 12.4 Å². The Morgan fingerprint density at radius 2 is 1.68 bits per heavy atom. The standard InChI is InChI=1S/C21H34N2O.ClH/c1-2-3-4-5-6-7-8-9-10-18-11-13-19(14-12-18)21(24)23-20-15-16-22-17-20;/h11-14,20,22H,2-10,15-17H2,1H3,(H,23,24);1H/t20-;/m0./s1. The van der Waals surface area contributed by atoms with Gasteiger partial charge in [0.05, 0.1) is 0 Å². The lowest BCUT2D eigenvalue weighted by molar-refractivity contribution is 0.0940. The zero-order chi connectivity index (χ0) is 17.0. The quantitative estimate of drug-likeness (QED) is 0.548. The lowest BCUT2D eigenvalue weighted by Crippen LogP contribution is -2.36. The van der Waals surface area contributed by atoms with E-state index in [2.05, 4.69) is 29.7 Å². The maximum Gasteiger partial charge on any atom is 0.251 e. The molecule has 0 spiro atoms. The van der Waals surface area contributed by atoms with Crippen molar-refractivity contribution in [1.29, 1.82) is 0 Å². The number of benzene rings is 1. The molecule has 1 amide bonds. The van der Waals surface area contributed by atoms with Gasteiger partial charge in [0.1, 0.15) is 0 Å². The number of rotatable bonds is 11. The molecule has 1 fully saturated rings. The first-order chi connectivity index (χ1) is 11.8. The minimum absolute atomic E-state index is 0. The number of carbonyl (C=O) groups is 1. The molecular formula is C21H35ClN2O. The predicted molar refractivity (Wildman–Crippen MR) is 109 cm³/mol. The third-order valence-electron chi connectivity index (χ3n) is 4.93. The van der Waals surface area contributed by atoms with Crippen molar-refractivity contribution in [3.8, 4) is 0 Å². The smallest absolute Gasteiger partial charge is 0.251 e. The topological polar surface area (TPSA) is 41.1 Å². The second kappa shape index (κ2) is 13.2. The molecule has 2 rings (SSSR count). The first-order valence-electron chi connectivity index (χ1n) is 9.90. The molecule has 1 atom stereocenters. The Morgan fingerprint density at radius 1 is 1.04 bits per heavy atom. The molecule has 1 heterocycles. The summed E-state index contributed by atoms with van der Waals surface area (Å²) in [5.74, 6) is 0.0577. The fourth-order valence-electron chi connectivity index (χ4n) is 3.33. The maximum absolute atomic E-state index is 12.2. The molecule has 1 aromatic carbocycles. The molecule has 1 aromatic rings. The summed E-state index contributed by atoms with van der Waals surface area (Å²) < 4.78 is 0. The van der Waals surface area contributed by atoms with Crippen molar-refractivity contribution in [3.05, 3.63) is 35.4 Å². The Hall–Kier alpha value is -1.06. The number of amides is 1. The highest BCUT2D eigenvalue weighted by molar-refractivity contribution is 5.94. The van der Waals surface area contributed by atoms with E-state index in [-0.39, 0.29) is 24.4 Å². The first kappa shape index (κ1) is 22.0. The van der Waals surface area contributed by atoms with Gasteiger partial charge >= 0.3 is 0 Å². The number of hydrogen-bond donors (Lipinski definition) is 2. The van der Waals surface area contributed by atoms with Crippen molar-refractivity contribution in [2.24, 2.45) is 0 Å². The molecule has 0 aromatic heterocycles. The van der Waals surface area contributed by atoms with Gasteiger partial charge in [-0.25, -0.2) is 0 Å². The Morgan fingerprint density at radius 3 is 2.28 bits per heavy atom. The van der Waals surface area contributed by atoms with Crippen LogP contribution < -0.4 is 10.6 Å². The van der Waals surface area contributed by atoms with Gasteiger partial charge in [-0.05, 0) is 43.5 Å². The number of halogens is 1. The lowest BCUT2D eigenvalue weighted by atomic mass is 10.0. The molecule has 1 saturated heterocycles. The third kappa shape index (κ3) is 8.73. The predicted octanol–water partition coefficient (Wildman–Crippen LogP) is 4.88. The van der Waals surface area contributed by atoms with Gasteiger partial charge in [0.15, 0.2) is 0 Å². The molecule has 0 aliphatic carbocycles. The second-order valence-electron chi connectivity index (χ2n) is 7.08. The molecule has 0 radical (unpaired) electrons. The first-order valence-corrected chi connectivity index (χ1v) is 9.90. The Kier molecular flexibility index (Phi) is 11.6. The Balaban J connectivity index is 0.00000312. The van der Waals surface area contributed by atoms with Crippen molar-refractivity contribution in [2.45, 2.75) is 77.2 Å². The van der Waals surface area contributed by atoms with E-state index in [1.54, 1.807) is 0 Å². The highest BCUT2D eigenvalue weighted by Crippen LogP contribution is 2.12. The molecule has 25 heavy (non-hydrogen) atoms. The van der Waals surface area contributed by atoms with Crippen LogP contribution in [-0.4, -0.2) is 25.0 Å². The lowest BCUT2D eigenvalue weighted by Gasteiger charge is -2.11. The summed E-state index contributed by atoms with van der Waals surface area (Å²) in [6.07, 6.45) is 13.0. The summed E-state index contributed by atoms with van der Waals surface area (Å²) in [7, 11) is 0. The Labute approximate surface area is 159 Å². The molecule has 0 bridgehead atoms. The summed E-state index contributed by atoms with van der Waals surface area (Å²) in [5.41, 5.74) is 2.13. The summed E-state index contributed by atoms with van der Waals surface area (Å²) in [5, 5.41) is 6.37. The average Bonchev–Trinajstić information content (AvgIpc) is 3.11. The van der Waals surface area contributed by atoms with E-state index in [4.69, 9.17) is 0 Å². The van der Waals surface area contributed by atoms with E-state index in [9.17, 15) is 4.79 Å². The maximum atomic E-state index is 12.2. The van der Waals surface area contributed by atoms with Crippen LogP contribution in [0.25, 0.3) is 0 Å². The summed E-state index contributed by atoms with van der Waals surface area (Å²) >= 11 is 0. The number of aryl methyl sites for hydroxylation is 1. The number of hydrogen-bond acceptors (Lipinski definition) is 2. The minimum atomic E-state index is 0. The van der Waals surface area contributed by atoms with Crippen LogP contribution in [0.4, 0.5) is 0 Å². The van der Waals surface area contributed by atoms with E-state index in [0.717, 1.165) is 31.5 Å². The molecule has 0 unspecified atom stereocenters. The molecule has 1 aliphatic rings. The van der Waals surface area contributed by atoms with E-state index in [1.807, 2.05) is 12.1 Å². The third-order valence-corrected chi connectivity index (χ3v) is 4.93. The molecule has 3 nitrogen and oxygen atoms in total. The zero-order valence-corrected chi connectivity index (χ0v) is 16.5. The fourth-order valence-corrected chi connectivity index (χ4v) is 3.33. The van der Waals surface area contributed by atoms with Gasteiger partial charge in [-0.1, -0.05) is 64.0 Å². The van der Waals surface area contributed by atoms with Gasteiger partial charge in [-0.15, -0.1) is 12.4 Å². The van der Waals surface area contributed by atoms with Crippen LogP contribution in [0.1, 0.15) is 80.6 Å². The highest BCUT2D eigenvalue weighted by atomic mass is 35.5. The number of carbonyl (C=O) groups excluding carboxylic acids is 1. The normalized spacial score (nSPS) is 16.4. The van der Waals surface area contributed by atoms with Gasteiger partial charge in [0, 0.05) is 18.2 Å². The van der Waals surface area contributed by atoms with Crippen molar-refractivity contribution >= 4 is 18.3 Å². The van der Waals surface area contributed by atoms with Gasteiger partial charge in [-0.3, -0.25) is 4.79 Å². The van der Waals surface area contributed by atoms with Crippen LogP contribution in [0.2, 0.25) is 0 Å².